The summed E-state index contributed by atoms with van der Waals surface area (Å²) in [6.07, 6.45) is 1.84. The molecule has 0 saturated heterocycles. The first kappa shape index (κ1) is 18.7. The third kappa shape index (κ3) is 3.13. The summed E-state index contributed by atoms with van der Waals surface area (Å²) in [6, 6.07) is 14.0. The highest BCUT2D eigenvalue weighted by Gasteiger charge is 2.42. The Morgan fingerprint density at radius 2 is 2.07 bits per heavy atom. The molecule has 1 unspecified atom stereocenters. The molecular weight excluding hydrogens is 369 g/mol. The minimum Gasteiger partial charge on any atom is -0.344 e. The fraction of sp³-hybridized carbons (Fsp3) is 0.227. The molecule has 7 heteroatoms. The van der Waals surface area contributed by atoms with Crippen LogP contribution in [0.15, 0.2) is 58.3 Å². The smallest absolute Gasteiger partial charge is 0.254 e. The number of pyridine rings is 1. The Kier molecular flexibility index (Phi) is 4.55. The molecule has 1 aliphatic rings. The first-order valence-electron chi connectivity index (χ1n) is 9.35. The number of hydrogen-bond acceptors (Lipinski definition) is 5. The number of halogens is 1. The lowest BCUT2D eigenvalue weighted by Gasteiger charge is -2.33. The number of guanidine groups is 1. The molecule has 1 aromatic heterocycles. The Bertz CT molecular complexity index is 1220. The summed E-state index contributed by atoms with van der Waals surface area (Å²) in [5.41, 5.74) is 0.928. The first-order valence-corrected chi connectivity index (χ1v) is 9.35. The molecule has 3 N–H and O–H groups in total. The summed E-state index contributed by atoms with van der Waals surface area (Å²) in [6.45, 7) is 4.34. The lowest BCUT2D eigenvalue weighted by atomic mass is 9.81. The number of aromatic amines is 1. The number of benzene rings is 2. The van der Waals surface area contributed by atoms with Crippen LogP contribution in [0.1, 0.15) is 19.4 Å². The van der Waals surface area contributed by atoms with Crippen LogP contribution in [-0.2, 0) is 5.54 Å². The van der Waals surface area contributed by atoms with E-state index in [1.165, 1.54) is 6.07 Å². The zero-order chi connectivity index (χ0) is 20.6. The van der Waals surface area contributed by atoms with Gasteiger partial charge in [0, 0.05) is 16.6 Å². The summed E-state index contributed by atoms with van der Waals surface area (Å²) >= 11 is 0. The predicted octanol–water partition coefficient (Wildman–Crippen LogP) is 3.22. The van der Waals surface area contributed by atoms with Gasteiger partial charge in [-0.25, -0.2) is 9.38 Å². The molecule has 29 heavy (non-hydrogen) atoms. The second kappa shape index (κ2) is 7.06. The molecule has 146 valence electrons. The summed E-state index contributed by atoms with van der Waals surface area (Å²) < 4.78 is 14.1. The molecule has 4 rings (SSSR count). The zero-order valence-electron chi connectivity index (χ0n) is 16.1. The maximum absolute atomic E-state index is 14.1. The minimum atomic E-state index is -0.708. The van der Waals surface area contributed by atoms with Crippen molar-refractivity contribution in [2.75, 3.05) is 6.54 Å². The quantitative estimate of drug-likeness (QED) is 0.474. The number of nitrogens with one attached hydrogen (secondary N) is 3. The van der Waals surface area contributed by atoms with Gasteiger partial charge in [-0.2, -0.15) is 5.26 Å². The van der Waals surface area contributed by atoms with Crippen LogP contribution >= 0.6 is 0 Å². The zero-order valence-corrected chi connectivity index (χ0v) is 16.1. The lowest BCUT2D eigenvalue weighted by Crippen LogP contribution is -2.52. The van der Waals surface area contributed by atoms with Gasteiger partial charge in [-0.05, 0) is 41.1 Å². The standard InChI is InChI=1S/C22H20FN5O/c1-13(2)22(11-25-21(28-22)26-12-24)17-8-9-19(27-20(17)29)15-7-6-14-4-3-5-18(23)16(14)10-15/h3-10,13H,11H2,1-2H3,(H,27,29)(H2,25,26,28). The van der Waals surface area contributed by atoms with Crippen LogP contribution in [0.5, 0.6) is 0 Å². The number of H-pyrrole nitrogens is 1. The van der Waals surface area contributed by atoms with Gasteiger partial charge < -0.3 is 10.3 Å². The van der Waals surface area contributed by atoms with Crippen molar-refractivity contribution in [1.29, 1.82) is 5.26 Å². The van der Waals surface area contributed by atoms with E-state index < -0.39 is 5.54 Å². The molecule has 0 saturated carbocycles. The fourth-order valence-corrected chi connectivity index (χ4v) is 3.80. The van der Waals surface area contributed by atoms with Crippen LogP contribution in [0.25, 0.3) is 22.0 Å². The highest BCUT2D eigenvalue weighted by molar-refractivity contribution is 5.87. The molecule has 0 radical (unpaired) electrons. The molecule has 0 fully saturated rings. The number of hydrogen-bond donors (Lipinski definition) is 3. The van der Waals surface area contributed by atoms with Gasteiger partial charge in [-0.15, -0.1) is 0 Å². The number of aliphatic imine (C=N–C) groups is 1. The molecule has 1 aliphatic heterocycles. The van der Waals surface area contributed by atoms with Gasteiger partial charge in [-0.3, -0.25) is 10.1 Å². The molecule has 1 atom stereocenters. The Morgan fingerprint density at radius 3 is 2.79 bits per heavy atom. The number of rotatable bonds is 3. The SMILES string of the molecule is CC(C)C1(c2ccc(-c3ccc4cccc(F)c4c3)[nH]c2=O)CN=C(NC#N)N1. The normalized spacial score (nSPS) is 18.4. The molecule has 0 bridgehead atoms. The van der Waals surface area contributed by atoms with Crippen molar-refractivity contribution in [1.82, 2.24) is 15.6 Å². The Balaban J connectivity index is 1.74. The van der Waals surface area contributed by atoms with Gasteiger partial charge in [-0.1, -0.05) is 38.1 Å². The van der Waals surface area contributed by atoms with E-state index in [2.05, 4.69) is 20.6 Å². The third-order valence-corrected chi connectivity index (χ3v) is 5.52. The highest BCUT2D eigenvalue weighted by atomic mass is 19.1. The molecule has 3 aromatic rings. The van der Waals surface area contributed by atoms with Crippen molar-refractivity contribution < 1.29 is 4.39 Å². The van der Waals surface area contributed by atoms with Crippen LogP contribution in [-0.4, -0.2) is 17.5 Å². The van der Waals surface area contributed by atoms with Gasteiger partial charge in [0.15, 0.2) is 6.19 Å². The van der Waals surface area contributed by atoms with Gasteiger partial charge >= 0.3 is 0 Å². The summed E-state index contributed by atoms with van der Waals surface area (Å²) in [4.78, 5) is 20.2. The lowest BCUT2D eigenvalue weighted by molar-refractivity contribution is 0.303. The molecule has 0 spiro atoms. The van der Waals surface area contributed by atoms with Crippen LogP contribution in [0.2, 0.25) is 0 Å². The average Bonchev–Trinajstić information content (AvgIpc) is 3.13. The van der Waals surface area contributed by atoms with E-state index in [0.717, 1.165) is 10.9 Å². The summed E-state index contributed by atoms with van der Waals surface area (Å²) in [5.74, 6) is 0.104. The van der Waals surface area contributed by atoms with Crippen molar-refractivity contribution in [3.05, 3.63) is 70.3 Å². The number of aromatic nitrogens is 1. The van der Waals surface area contributed by atoms with E-state index in [9.17, 15) is 9.18 Å². The van der Waals surface area contributed by atoms with Crippen LogP contribution in [0.3, 0.4) is 0 Å². The average molecular weight is 389 g/mol. The molecule has 2 heterocycles. The number of nitriles is 1. The topological polar surface area (TPSA) is 93.1 Å². The summed E-state index contributed by atoms with van der Waals surface area (Å²) in [7, 11) is 0. The second-order valence-electron chi connectivity index (χ2n) is 7.44. The van der Waals surface area contributed by atoms with E-state index in [-0.39, 0.29) is 17.3 Å². The summed E-state index contributed by atoms with van der Waals surface area (Å²) in [5, 5.41) is 15.8. The Labute approximate surface area is 167 Å². The second-order valence-corrected chi connectivity index (χ2v) is 7.44. The Morgan fingerprint density at radius 1 is 1.24 bits per heavy atom. The largest absolute Gasteiger partial charge is 0.344 e. The molecule has 2 aromatic carbocycles. The van der Waals surface area contributed by atoms with Crippen molar-refractivity contribution >= 4 is 16.7 Å². The monoisotopic (exact) mass is 389 g/mol. The van der Waals surface area contributed by atoms with E-state index in [1.807, 2.05) is 44.3 Å². The van der Waals surface area contributed by atoms with E-state index in [4.69, 9.17) is 5.26 Å². The van der Waals surface area contributed by atoms with Gasteiger partial charge in [0.25, 0.3) is 5.56 Å². The van der Waals surface area contributed by atoms with Crippen LogP contribution in [0.4, 0.5) is 4.39 Å². The van der Waals surface area contributed by atoms with Crippen molar-refractivity contribution in [2.24, 2.45) is 10.9 Å². The van der Waals surface area contributed by atoms with E-state index in [0.29, 0.717) is 29.1 Å². The minimum absolute atomic E-state index is 0.0472. The van der Waals surface area contributed by atoms with Crippen molar-refractivity contribution in [2.45, 2.75) is 19.4 Å². The van der Waals surface area contributed by atoms with Crippen molar-refractivity contribution in [3.63, 3.8) is 0 Å². The molecule has 0 amide bonds. The fourth-order valence-electron chi connectivity index (χ4n) is 3.80. The third-order valence-electron chi connectivity index (χ3n) is 5.52. The van der Waals surface area contributed by atoms with Gasteiger partial charge in [0.1, 0.15) is 5.82 Å². The van der Waals surface area contributed by atoms with Crippen LogP contribution in [0, 0.1) is 23.2 Å². The number of fused-ring (bicyclic) bond motifs is 1. The Hall–Kier alpha value is -3.66. The van der Waals surface area contributed by atoms with Gasteiger partial charge in [0.2, 0.25) is 5.96 Å². The number of nitrogens with zero attached hydrogens (tertiary/aromatic N) is 2. The van der Waals surface area contributed by atoms with Crippen LogP contribution < -0.4 is 16.2 Å². The maximum Gasteiger partial charge on any atom is 0.254 e. The molecule has 6 nitrogen and oxygen atoms in total. The molecule has 0 aliphatic carbocycles. The molecular formula is C22H20FN5O. The van der Waals surface area contributed by atoms with Crippen molar-refractivity contribution in [3.8, 4) is 17.5 Å². The highest BCUT2D eigenvalue weighted by Crippen LogP contribution is 2.32. The predicted molar refractivity (Wildman–Crippen MR) is 111 cm³/mol. The maximum atomic E-state index is 14.1. The van der Waals surface area contributed by atoms with E-state index >= 15 is 0 Å². The van der Waals surface area contributed by atoms with Gasteiger partial charge in [0.05, 0.1) is 12.1 Å². The van der Waals surface area contributed by atoms with E-state index in [1.54, 1.807) is 18.2 Å². The first-order chi connectivity index (χ1) is 13.9.